The van der Waals surface area contributed by atoms with Gasteiger partial charge in [0.1, 0.15) is 0 Å². The van der Waals surface area contributed by atoms with Gasteiger partial charge in [0, 0.05) is 22.4 Å². The second-order valence-corrected chi connectivity index (χ2v) is 4.27. The number of alkyl halides is 1. The van der Waals surface area contributed by atoms with Gasteiger partial charge < -0.3 is 4.98 Å². The minimum absolute atomic E-state index is 0.724. The van der Waals surface area contributed by atoms with E-state index in [9.17, 15) is 0 Å². The van der Waals surface area contributed by atoms with E-state index in [0.717, 1.165) is 29.3 Å². The van der Waals surface area contributed by atoms with Crippen LogP contribution in [0, 0.1) is 11.3 Å². The highest BCUT2D eigenvalue weighted by molar-refractivity contribution is 9.09. The highest BCUT2D eigenvalue weighted by atomic mass is 79.9. The Morgan fingerprint density at radius 2 is 2.27 bits per heavy atom. The standard InChI is InChI=1S/C12H11BrN2/c13-5-1-2-10-8-15-12-4-3-9(7-14)6-11(10)12/h3-4,6,8,15H,1-2,5H2. The molecular formula is C12H11BrN2. The molecule has 0 radical (unpaired) electrons. The van der Waals surface area contributed by atoms with Crippen LogP contribution in [0.1, 0.15) is 17.5 Å². The lowest BCUT2D eigenvalue weighted by molar-refractivity contribution is 0.947. The molecule has 0 aliphatic carbocycles. The Balaban J connectivity index is 2.43. The number of hydrogen-bond acceptors (Lipinski definition) is 1. The molecule has 15 heavy (non-hydrogen) atoms. The number of aryl methyl sites for hydroxylation is 1. The van der Waals surface area contributed by atoms with Crippen LogP contribution in [0.25, 0.3) is 10.9 Å². The van der Waals surface area contributed by atoms with Crippen molar-refractivity contribution in [2.45, 2.75) is 12.8 Å². The summed E-state index contributed by atoms with van der Waals surface area (Å²) >= 11 is 3.42. The first-order valence-electron chi connectivity index (χ1n) is 4.91. The van der Waals surface area contributed by atoms with Crippen LogP contribution < -0.4 is 0 Å². The fraction of sp³-hybridized carbons (Fsp3) is 0.250. The molecule has 0 spiro atoms. The Morgan fingerprint density at radius 3 is 3.00 bits per heavy atom. The van der Waals surface area contributed by atoms with Crippen LogP contribution in [0.15, 0.2) is 24.4 Å². The quantitative estimate of drug-likeness (QED) is 0.847. The van der Waals surface area contributed by atoms with Crippen LogP contribution in [0.4, 0.5) is 0 Å². The molecule has 3 heteroatoms. The smallest absolute Gasteiger partial charge is 0.0991 e. The molecule has 0 amide bonds. The summed E-state index contributed by atoms with van der Waals surface area (Å²) in [4.78, 5) is 3.22. The largest absolute Gasteiger partial charge is 0.361 e. The van der Waals surface area contributed by atoms with Gasteiger partial charge in [0.05, 0.1) is 11.6 Å². The first kappa shape index (κ1) is 10.3. The summed E-state index contributed by atoms with van der Waals surface area (Å²) in [6.45, 7) is 0. The maximum atomic E-state index is 8.83. The first-order chi connectivity index (χ1) is 7.35. The Hall–Kier alpha value is -1.27. The maximum Gasteiger partial charge on any atom is 0.0991 e. The molecule has 0 saturated heterocycles. The molecule has 0 aliphatic rings. The van der Waals surface area contributed by atoms with Gasteiger partial charge in [-0.1, -0.05) is 15.9 Å². The predicted molar refractivity (Wildman–Crippen MR) is 65.1 cm³/mol. The molecule has 1 aromatic heterocycles. The molecule has 0 fully saturated rings. The monoisotopic (exact) mass is 262 g/mol. The van der Waals surface area contributed by atoms with E-state index in [1.165, 1.54) is 10.9 Å². The van der Waals surface area contributed by atoms with Crippen molar-refractivity contribution in [3.8, 4) is 6.07 Å². The zero-order valence-electron chi connectivity index (χ0n) is 8.26. The van der Waals surface area contributed by atoms with E-state index in [0.29, 0.717) is 0 Å². The number of fused-ring (bicyclic) bond motifs is 1. The van der Waals surface area contributed by atoms with Crippen LogP contribution in [-0.4, -0.2) is 10.3 Å². The van der Waals surface area contributed by atoms with Crippen molar-refractivity contribution in [1.29, 1.82) is 5.26 Å². The lowest BCUT2D eigenvalue weighted by Gasteiger charge is -1.97. The fourth-order valence-corrected chi connectivity index (χ4v) is 1.99. The van der Waals surface area contributed by atoms with E-state index >= 15 is 0 Å². The molecular weight excluding hydrogens is 252 g/mol. The zero-order chi connectivity index (χ0) is 10.7. The first-order valence-corrected chi connectivity index (χ1v) is 6.03. The summed E-state index contributed by atoms with van der Waals surface area (Å²) in [6.07, 6.45) is 4.19. The molecule has 0 bridgehead atoms. The van der Waals surface area contributed by atoms with Crippen molar-refractivity contribution in [1.82, 2.24) is 4.98 Å². The molecule has 1 N–H and O–H groups in total. The van der Waals surface area contributed by atoms with E-state index in [2.05, 4.69) is 27.0 Å². The molecule has 0 unspecified atom stereocenters. The van der Waals surface area contributed by atoms with Crippen LogP contribution in [0.5, 0.6) is 0 Å². The minimum Gasteiger partial charge on any atom is -0.361 e. The van der Waals surface area contributed by atoms with Crippen molar-refractivity contribution in [2.75, 3.05) is 5.33 Å². The summed E-state index contributed by atoms with van der Waals surface area (Å²) in [5.74, 6) is 0. The van der Waals surface area contributed by atoms with E-state index in [4.69, 9.17) is 5.26 Å². The minimum atomic E-state index is 0.724. The molecule has 0 atom stereocenters. The molecule has 2 nitrogen and oxygen atoms in total. The van der Waals surface area contributed by atoms with Crippen molar-refractivity contribution >= 4 is 26.8 Å². The molecule has 0 aliphatic heterocycles. The summed E-state index contributed by atoms with van der Waals surface area (Å²) in [5, 5.41) is 11.0. The molecule has 1 aromatic carbocycles. The number of hydrogen-bond donors (Lipinski definition) is 1. The lowest BCUT2D eigenvalue weighted by atomic mass is 10.1. The van der Waals surface area contributed by atoms with Gasteiger partial charge in [-0.05, 0) is 36.6 Å². The van der Waals surface area contributed by atoms with Crippen molar-refractivity contribution in [3.63, 3.8) is 0 Å². The zero-order valence-corrected chi connectivity index (χ0v) is 9.84. The number of nitrogens with one attached hydrogen (secondary N) is 1. The Labute approximate surface area is 97.0 Å². The highest BCUT2D eigenvalue weighted by Gasteiger charge is 2.03. The molecule has 2 aromatic rings. The second kappa shape index (κ2) is 4.50. The number of benzene rings is 1. The normalized spacial score (nSPS) is 10.4. The van der Waals surface area contributed by atoms with E-state index < -0.39 is 0 Å². The van der Waals surface area contributed by atoms with Gasteiger partial charge in [-0.2, -0.15) is 5.26 Å². The highest BCUT2D eigenvalue weighted by Crippen LogP contribution is 2.21. The number of aromatic nitrogens is 1. The van der Waals surface area contributed by atoms with E-state index in [1.54, 1.807) is 0 Å². The number of rotatable bonds is 3. The third-order valence-corrected chi connectivity index (χ3v) is 3.04. The van der Waals surface area contributed by atoms with E-state index in [1.807, 2.05) is 24.4 Å². The number of H-pyrrole nitrogens is 1. The van der Waals surface area contributed by atoms with Crippen molar-refractivity contribution < 1.29 is 0 Å². The van der Waals surface area contributed by atoms with Crippen LogP contribution in [0.3, 0.4) is 0 Å². The van der Waals surface area contributed by atoms with Gasteiger partial charge >= 0.3 is 0 Å². The average molecular weight is 263 g/mol. The summed E-state index contributed by atoms with van der Waals surface area (Å²) in [7, 11) is 0. The van der Waals surface area contributed by atoms with Gasteiger partial charge in [0.15, 0.2) is 0 Å². The van der Waals surface area contributed by atoms with Crippen molar-refractivity contribution in [3.05, 3.63) is 35.5 Å². The van der Waals surface area contributed by atoms with Gasteiger partial charge in [-0.15, -0.1) is 0 Å². The molecule has 2 rings (SSSR count). The number of nitriles is 1. The maximum absolute atomic E-state index is 8.83. The number of nitrogens with zero attached hydrogens (tertiary/aromatic N) is 1. The predicted octanol–water partition coefficient (Wildman–Crippen LogP) is 3.37. The lowest BCUT2D eigenvalue weighted by Crippen LogP contribution is -1.84. The van der Waals surface area contributed by atoms with Crippen LogP contribution >= 0.6 is 15.9 Å². The van der Waals surface area contributed by atoms with Crippen LogP contribution in [-0.2, 0) is 6.42 Å². The Morgan fingerprint density at radius 1 is 1.40 bits per heavy atom. The summed E-state index contributed by atoms with van der Waals surface area (Å²) < 4.78 is 0. The van der Waals surface area contributed by atoms with Gasteiger partial charge in [0.25, 0.3) is 0 Å². The van der Waals surface area contributed by atoms with Crippen LogP contribution in [0.2, 0.25) is 0 Å². The second-order valence-electron chi connectivity index (χ2n) is 3.48. The number of aromatic amines is 1. The molecule has 1 heterocycles. The third kappa shape index (κ3) is 2.05. The van der Waals surface area contributed by atoms with Gasteiger partial charge in [0.2, 0.25) is 0 Å². The summed E-state index contributed by atoms with van der Waals surface area (Å²) in [5.41, 5.74) is 3.13. The molecule has 0 saturated carbocycles. The van der Waals surface area contributed by atoms with Gasteiger partial charge in [-0.25, -0.2) is 0 Å². The fourth-order valence-electron chi connectivity index (χ4n) is 1.71. The third-order valence-electron chi connectivity index (χ3n) is 2.48. The summed E-state index contributed by atoms with van der Waals surface area (Å²) in [6, 6.07) is 7.93. The Kier molecular flexibility index (Phi) is 3.08. The SMILES string of the molecule is N#Cc1ccc2[nH]cc(CCCBr)c2c1. The number of halogens is 1. The van der Waals surface area contributed by atoms with Crippen molar-refractivity contribution in [2.24, 2.45) is 0 Å². The van der Waals surface area contributed by atoms with Gasteiger partial charge in [-0.3, -0.25) is 0 Å². The topological polar surface area (TPSA) is 39.6 Å². The average Bonchev–Trinajstić information content (AvgIpc) is 2.68. The molecule has 76 valence electrons. The van der Waals surface area contributed by atoms with E-state index in [-0.39, 0.29) is 0 Å². The Bertz CT molecular complexity index is 508.